The highest BCUT2D eigenvalue weighted by Crippen LogP contribution is 2.32. The number of amides is 1. The van der Waals surface area contributed by atoms with E-state index in [1.165, 1.54) is 19.2 Å². The number of nitrogens with zero attached hydrogens (tertiary/aromatic N) is 1. The second-order valence-corrected chi connectivity index (χ2v) is 7.29. The zero-order valence-corrected chi connectivity index (χ0v) is 18.2. The minimum atomic E-state index is -0.690. The molecule has 9 nitrogen and oxygen atoms in total. The summed E-state index contributed by atoms with van der Waals surface area (Å²) in [5.41, 5.74) is 2.55. The van der Waals surface area contributed by atoms with Gasteiger partial charge in [-0.15, -0.1) is 0 Å². The summed E-state index contributed by atoms with van der Waals surface area (Å²) in [6.07, 6.45) is 0. The third kappa shape index (κ3) is 6.43. The van der Waals surface area contributed by atoms with E-state index >= 15 is 0 Å². The lowest BCUT2D eigenvalue weighted by molar-refractivity contribution is -0.385. The minimum Gasteiger partial charge on any atom is -0.490 e. The van der Waals surface area contributed by atoms with E-state index < -0.39 is 23.4 Å². The molecule has 0 fully saturated rings. The van der Waals surface area contributed by atoms with E-state index in [9.17, 15) is 19.7 Å². The summed E-state index contributed by atoms with van der Waals surface area (Å²) in [5.74, 6) is -0.449. The van der Waals surface area contributed by atoms with Crippen LogP contribution in [0.15, 0.2) is 30.3 Å². The standard InChI is InChI=1S/C22H26N2O7/c1-13(2)16-7-6-14(3)8-19(16)30-12-22(26)31-11-21(25)23-17-10-20(29-5)18(24(27)28)9-15(17)4/h6-10,13H,11-12H2,1-5H3,(H,23,25). The molecule has 0 aliphatic heterocycles. The molecule has 2 rings (SSSR count). The molecule has 0 bridgehead atoms. The van der Waals surface area contributed by atoms with E-state index in [-0.39, 0.29) is 24.0 Å². The SMILES string of the molecule is COc1cc(NC(=O)COC(=O)COc2cc(C)ccc2C(C)C)c(C)cc1[N+](=O)[O-]. The molecule has 31 heavy (non-hydrogen) atoms. The van der Waals surface area contributed by atoms with Crippen LogP contribution in [0.25, 0.3) is 0 Å². The fourth-order valence-electron chi connectivity index (χ4n) is 2.87. The maximum absolute atomic E-state index is 12.1. The molecule has 0 aliphatic carbocycles. The van der Waals surface area contributed by atoms with Gasteiger partial charge in [-0.3, -0.25) is 14.9 Å². The highest BCUT2D eigenvalue weighted by Gasteiger charge is 2.19. The summed E-state index contributed by atoms with van der Waals surface area (Å²) in [6.45, 7) is 6.72. The first-order valence-corrected chi connectivity index (χ1v) is 9.64. The minimum absolute atomic E-state index is 0.00964. The molecule has 1 N–H and O–H groups in total. The predicted octanol–water partition coefficient (Wildman–Crippen LogP) is 3.90. The Bertz CT molecular complexity index is 986. The van der Waals surface area contributed by atoms with Gasteiger partial charge in [0, 0.05) is 17.8 Å². The van der Waals surface area contributed by atoms with Gasteiger partial charge in [0.05, 0.1) is 12.0 Å². The van der Waals surface area contributed by atoms with Crippen LogP contribution in [0.2, 0.25) is 0 Å². The van der Waals surface area contributed by atoms with Gasteiger partial charge in [-0.1, -0.05) is 26.0 Å². The molecule has 2 aromatic carbocycles. The molecule has 166 valence electrons. The van der Waals surface area contributed by atoms with E-state index in [0.29, 0.717) is 17.0 Å². The Hall–Kier alpha value is -3.62. The Balaban J connectivity index is 1.93. The number of hydrogen-bond acceptors (Lipinski definition) is 7. The number of rotatable bonds is 9. The number of nitro groups is 1. The lowest BCUT2D eigenvalue weighted by atomic mass is 10.0. The van der Waals surface area contributed by atoms with Crippen molar-refractivity contribution in [1.82, 2.24) is 0 Å². The number of ether oxygens (including phenoxy) is 3. The quantitative estimate of drug-likeness (QED) is 0.364. The fourth-order valence-corrected chi connectivity index (χ4v) is 2.87. The van der Waals surface area contributed by atoms with Crippen LogP contribution < -0.4 is 14.8 Å². The first-order chi connectivity index (χ1) is 14.6. The predicted molar refractivity (Wildman–Crippen MR) is 115 cm³/mol. The van der Waals surface area contributed by atoms with Crippen LogP contribution in [-0.4, -0.2) is 37.1 Å². The van der Waals surface area contributed by atoms with Crippen molar-refractivity contribution >= 4 is 23.3 Å². The van der Waals surface area contributed by atoms with Crippen LogP contribution in [0.4, 0.5) is 11.4 Å². The summed E-state index contributed by atoms with van der Waals surface area (Å²) in [4.78, 5) is 34.6. The topological polar surface area (TPSA) is 117 Å². The van der Waals surface area contributed by atoms with Crippen LogP contribution in [0.1, 0.15) is 36.5 Å². The number of nitro benzene ring substituents is 1. The van der Waals surface area contributed by atoms with Crippen LogP contribution >= 0.6 is 0 Å². The molecule has 2 aromatic rings. The normalized spacial score (nSPS) is 10.5. The molecule has 0 radical (unpaired) electrons. The van der Waals surface area contributed by atoms with Gasteiger partial charge in [-0.2, -0.15) is 0 Å². The Morgan fingerprint density at radius 2 is 1.81 bits per heavy atom. The number of nitrogens with one attached hydrogen (secondary N) is 1. The first kappa shape index (κ1) is 23.7. The summed E-state index contributed by atoms with van der Waals surface area (Å²) < 4.78 is 15.6. The van der Waals surface area contributed by atoms with Crippen molar-refractivity contribution in [3.63, 3.8) is 0 Å². The van der Waals surface area contributed by atoms with E-state index in [4.69, 9.17) is 14.2 Å². The van der Waals surface area contributed by atoms with Gasteiger partial charge < -0.3 is 19.5 Å². The van der Waals surface area contributed by atoms with E-state index in [1.54, 1.807) is 6.92 Å². The lowest BCUT2D eigenvalue weighted by Crippen LogP contribution is -2.24. The number of benzene rings is 2. The molecule has 0 spiro atoms. The molecular weight excluding hydrogens is 404 g/mol. The number of esters is 1. The monoisotopic (exact) mass is 430 g/mol. The van der Waals surface area contributed by atoms with E-state index in [0.717, 1.165) is 11.1 Å². The zero-order valence-electron chi connectivity index (χ0n) is 18.2. The van der Waals surface area contributed by atoms with Crippen molar-refractivity contribution in [2.45, 2.75) is 33.6 Å². The number of aryl methyl sites for hydroxylation is 2. The number of anilines is 1. The van der Waals surface area contributed by atoms with Crippen LogP contribution in [0.3, 0.4) is 0 Å². The molecule has 0 aliphatic rings. The highest BCUT2D eigenvalue weighted by molar-refractivity contribution is 5.94. The second kappa shape index (κ2) is 10.4. The van der Waals surface area contributed by atoms with Crippen molar-refractivity contribution in [2.75, 3.05) is 25.6 Å². The van der Waals surface area contributed by atoms with Gasteiger partial charge >= 0.3 is 11.7 Å². The first-order valence-electron chi connectivity index (χ1n) is 9.64. The third-order valence-electron chi connectivity index (χ3n) is 4.50. The fraction of sp³-hybridized carbons (Fsp3) is 0.364. The number of carbonyl (C=O) groups excluding carboxylic acids is 2. The van der Waals surface area contributed by atoms with E-state index in [1.807, 2.05) is 39.0 Å². The van der Waals surface area contributed by atoms with Gasteiger partial charge in [0.15, 0.2) is 19.0 Å². The maximum Gasteiger partial charge on any atom is 0.344 e. The third-order valence-corrected chi connectivity index (χ3v) is 4.50. The van der Waals surface area contributed by atoms with Gasteiger partial charge in [-0.05, 0) is 42.5 Å². The molecular formula is C22H26N2O7. The average Bonchev–Trinajstić information content (AvgIpc) is 2.71. The molecule has 1 amide bonds. The van der Waals surface area contributed by atoms with Gasteiger partial charge in [0.1, 0.15) is 5.75 Å². The lowest BCUT2D eigenvalue weighted by Gasteiger charge is -2.14. The van der Waals surface area contributed by atoms with Crippen molar-refractivity contribution in [2.24, 2.45) is 0 Å². The molecule has 9 heteroatoms. The molecule has 0 saturated heterocycles. The highest BCUT2D eigenvalue weighted by atomic mass is 16.6. The largest absolute Gasteiger partial charge is 0.490 e. The van der Waals surface area contributed by atoms with Gasteiger partial charge in [0.2, 0.25) is 0 Å². The van der Waals surface area contributed by atoms with Crippen LogP contribution in [0, 0.1) is 24.0 Å². The molecule has 0 atom stereocenters. The summed E-state index contributed by atoms with van der Waals surface area (Å²) in [6, 6.07) is 8.42. The Morgan fingerprint density at radius 1 is 1.10 bits per heavy atom. The van der Waals surface area contributed by atoms with Crippen molar-refractivity contribution in [3.05, 3.63) is 57.1 Å². The number of methoxy groups -OCH3 is 1. The summed E-state index contributed by atoms with van der Waals surface area (Å²) in [5, 5.41) is 13.6. The Labute approximate surface area is 180 Å². The zero-order chi connectivity index (χ0) is 23.1. The van der Waals surface area contributed by atoms with Crippen molar-refractivity contribution < 1.29 is 28.7 Å². The number of hydrogen-bond donors (Lipinski definition) is 1. The second-order valence-electron chi connectivity index (χ2n) is 7.29. The van der Waals surface area contributed by atoms with E-state index in [2.05, 4.69) is 5.32 Å². The molecule has 0 aromatic heterocycles. The molecule has 0 saturated carbocycles. The van der Waals surface area contributed by atoms with Crippen LogP contribution in [-0.2, 0) is 14.3 Å². The van der Waals surface area contributed by atoms with Gasteiger partial charge in [0.25, 0.3) is 5.91 Å². The summed E-state index contributed by atoms with van der Waals surface area (Å²) >= 11 is 0. The van der Waals surface area contributed by atoms with Crippen molar-refractivity contribution in [1.29, 1.82) is 0 Å². The summed E-state index contributed by atoms with van der Waals surface area (Å²) in [7, 11) is 1.30. The maximum atomic E-state index is 12.1. The average molecular weight is 430 g/mol. The van der Waals surface area contributed by atoms with Crippen molar-refractivity contribution in [3.8, 4) is 11.5 Å². The molecule has 0 unspecified atom stereocenters. The Morgan fingerprint density at radius 3 is 2.42 bits per heavy atom. The van der Waals surface area contributed by atoms with Gasteiger partial charge in [-0.25, -0.2) is 4.79 Å². The number of carbonyl (C=O) groups is 2. The smallest absolute Gasteiger partial charge is 0.344 e. The van der Waals surface area contributed by atoms with Crippen LogP contribution in [0.5, 0.6) is 11.5 Å². The molecule has 0 heterocycles. The Kier molecular flexibility index (Phi) is 7.95.